The van der Waals surface area contributed by atoms with Gasteiger partial charge < -0.3 is 10.1 Å². The summed E-state index contributed by atoms with van der Waals surface area (Å²) >= 11 is 6.26. The van der Waals surface area contributed by atoms with Crippen LogP contribution in [0.1, 0.15) is 12.8 Å². The molecule has 1 heterocycles. The Kier molecular flexibility index (Phi) is 5.68. The third-order valence-corrected chi connectivity index (χ3v) is 6.12. The Labute approximate surface area is 157 Å². The monoisotopic (exact) mass is 394 g/mol. The molecule has 1 N–H and O–H groups in total. The minimum absolute atomic E-state index is 0.124. The first-order chi connectivity index (χ1) is 12.5. The number of hydrogen-bond donors (Lipinski definition) is 1. The van der Waals surface area contributed by atoms with Gasteiger partial charge in [0.15, 0.2) is 6.61 Å². The number of carbonyl (C=O) groups excluding carboxylic acids is 1. The maximum atomic E-state index is 12.2. The average Bonchev–Trinajstić information content (AvgIpc) is 2.61. The van der Waals surface area contributed by atoms with Gasteiger partial charge in [0.1, 0.15) is 5.75 Å². The van der Waals surface area contributed by atoms with E-state index in [2.05, 4.69) is 5.32 Å². The highest BCUT2D eigenvalue weighted by Crippen LogP contribution is 2.32. The van der Waals surface area contributed by atoms with Crippen molar-refractivity contribution in [3.8, 4) is 5.75 Å². The molecule has 8 heteroatoms. The fourth-order valence-electron chi connectivity index (χ4n) is 2.71. The smallest absolute Gasteiger partial charge is 0.262 e. The molecule has 1 fully saturated rings. The highest BCUT2D eigenvalue weighted by atomic mass is 35.5. The summed E-state index contributed by atoms with van der Waals surface area (Å²) in [7, 11) is -3.33. The second kappa shape index (κ2) is 7.97. The molecule has 0 aromatic heterocycles. The molecule has 0 bridgehead atoms. The Morgan fingerprint density at radius 1 is 1.15 bits per heavy atom. The molecule has 0 spiro atoms. The number of nitrogens with zero attached hydrogens (tertiary/aromatic N) is 1. The summed E-state index contributed by atoms with van der Waals surface area (Å²) < 4.78 is 31.1. The molecule has 0 unspecified atom stereocenters. The summed E-state index contributed by atoms with van der Waals surface area (Å²) in [6, 6.07) is 13.8. The Hall–Kier alpha value is -2.25. The third-order valence-electron chi connectivity index (χ3n) is 3.96. The number of anilines is 2. The molecule has 26 heavy (non-hydrogen) atoms. The number of rotatable bonds is 5. The van der Waals surface area contributed by atoms with Crippen molar-refractivity contribution in [3.05, 3.63) is 53.6 Å². The van der Waals surface area contributed by atoms with Crippen LogP contribution in [0, 0.1) is 0 Å². The van der Waals surface area contributed by atoms with Crippen molar-refractivity contribution in [2.45, 2.75) is 12.8 Å². The number of benzene rings is 2. The molecule has 1 aliphatic rings. The van der Waals surface area contributed by atoms with Crippen LogP contribution in [0.3, 0.4) is 0 Å². The van der Waals surface area contributed by atoms with Crippen LogP contribution in [0.5, 0.6) is 5.75 Å². The largest absolute Gasteiger partial charge is 0.484 e. The van der Waals surface area contributed by atoms with Gasteiger partial charge in [-0.3, -0.25) is 9.10 Å². The topological polar surface area (TPSA) is 75.7 Å². The number of amides is 1. The SMILES string of the molecule is O=C(COc1ccccc1)Nc1ccc(N2CCCCS2(=O)=O)c(Cl)c1. The molecule has 1 saturated heterocycles. The molecule has 0 saturated carbocycles. The molecule has 2 aromatic rings. The lowest BCUT2D eigenvalue weighted by Gasteiger charge is -2.29. The van der Waals surface area contributed by atoms with Crippen LogP contribution in [-0.4, -0.2) is 33.2 Å². The first-order valence-electron chi connectivity index (χ1n) is 8.23. The highest BCUT2D eigenvalue weighted by molar-refractivity contribution is 7.92. The number of nitrogens with one attached hydrogen (secondary N) is 1. The normalized spacial score (nSPS) is 16.1. The van der Waals surface area contributed by atoms with E-state index < -0.39 is 10.0 Å². The molecule has 2 aromatic carbocycles. The fourth-order valence-corrected chi connectivity index (χ4v) is 4.70. The second-order valence-corrected chi connectivity index (χ2v) is 8.33. The number of ether oxygens (including phenoxy) is 1. The summed E-state index contributed by atoms with van der Waals surface area (Å²) in [5.74, 6) is 0.396. The van der Waals surface area contributed by atoms with Gasteiger partial charge in [-0.1, -0.05) is 29.8 Å². The van der Waals surface area contributed by atoms with Crippen molar-refractivity contribution in [2.75, 3.05) is 28.5 Å². The van der Waals surface area contributed by atoms with Crippen molar-refractivity contribution in [1.82, 2.24) is 0 Å². The van der Waals surface area contributed by atoms with Gasteiger partial charge in [0, 0.05) is 12.2 Å². The van der Waals surface area contributed by atoms with Crippen LogP contribution < -0.4 is 14.4 Å². The molecule has 138 valence electrons. The van der Waals surface area contributed by atoms with E-state index in [0.29, 0.717) is 30.1 Å². The zero-order chi connectivity index (χ0) is 18.6. The number of sulfonamides is 1. The van der Waals surface area contributed by atoms with E-state index in [4.69, 9.17) is 16.3 Å². The van der Waals surface area contributed by atoms with E-state index in [1.54, 1.807) is 30.3 Å². The molecule has 1 amide bonds. The molecule has 0 aliphatic carbocycles. The zero-order valence-electron chi connectivity index (χ0n) is 14.0. The van der Waals surface area contributed by atoms with Gasteiger partial charge in [-0.05, 0) is 43.2 Å². The van der Waals surface area contributed by atoms with Gasteiger partial charge in [0.2, 0.25) is 10.0 Å². The van der Waals surface area contributed by atoms with Gasteiger partial charge in [-0.2, -0.15) is 0 Å². The molecule has 6 nitrogen and oxygen atoms in total. The number of halogens is 1. The van der Waals surface area contributed by atoms with Crippen LogP contribution >= 0.6 is 11.6 Å². The summed E-state index contributed by atoms with van der Waals surface area (Å²) in [6.07, 6.45) is 1.46. The van der Waals surface area contributed by atoms with E-state index in [-0.39, 0.29) is 23.3 Å². The zero-order valence-corrected chi connectivity index (χ0v) is 15.6. The van der Waals surface area contributed by atoms with Gasteiger partial charge in [0.25, 0.3) is 5.91 Å². The van der Waals surface area contributed by atoms with E-state index in [0.717, 1.165) is 6.42 Å². The van der Waals surface area contributed by atoms with Crippen molar-refractivity contribution in [2.24, 2.45) is 0 Å². The van der Waals surface area contributed by atoms with E-state index in [1.165, 1.54) is 4.31 Å². The van der Waals surface area contributed by atoms with Crippen molar-refractivity contribution in [1.29, 1.82) is 0 Å². The first-order valence-corrected chi connectivity index (χ1v) is 10.2. The third kappa shape index (κ3) is 4.47. The van der Waals surface area contributed by atoms with Gasteiger partial charge in [0.05, 0.1) is 16.5 Å². The maximum Gasteiger partial charge on any atom is 0.262 e. The van der Waals surface area contributed by atoms with Crippen molar-refractivity contribution in [3.63, 3.8) is 0 Å². The van der Waals surface area contributed by atoms with E-state index in [1.807, 2.05) is 18.2 Å². The number of carbonyl (C=O) groups is 1. The van der Waals surface area contributed by atoms with Crippen molar-refractivity contribution >= 4 is 38.9 Å². The fraction of sp³-hybridized carbons (Fsp3) is 0.278. The van der Waals surface area contributed by atoms with E-state index in [9.17, 15) is 13.2 Å². The van der Waals surface area contributed by atoms with Crippen LogP contribution in [0.2, 0.25) is 5.02 Å². The number of hydrogen-bond acceptors (Lipinski definition) is 4. The van der Waals surface area contributed by atoms with Gasteiger partial charge in [-0.15, -0.1) is 0 Å². The van der Waals surface area contributed by atoms with Crippen LogP contribution in [-0.2, 0) is 14.8 Å². The second-order valence-electron chi connectivity index (χ2n) is 5.91. The lowest BCUT2D eigenvalue weighted by atomic mass is 10.2. The Balaban J connectivity index is 1.65. The quantitative estimate of drug-likeness (QED) is 0.844. The molecular formula is C18H19ClN2O4S. The highest BCUT2D eigenvalue weighted by Gasteiger charge is 2.27. The first kappa shape index (κ1) is 18.5. The van der Waals surface area contributed by atoms with Crippen LogP contribution in [0.4, 0.5) is 11.4 Å². The van der Waals surface area contributed by atoms with Crippen molar-refractivity contribution < 1.29 is 17.9 Å². The Bertz CT molecular complexity index is 887. The summed E-state index contributed by atoms with van der Waals surface area (Å²) in [6.45, 7) is 0.280. The lowest BCUT2D eigenvalue weighted by molar-refractivity contribution is -0.118. The Morgan fingerprint density at radius 2 is 1.92 bits per heavy atom. The van der Waals surface area contributed by atoms with E-state index >= 15 is 0 Å². The minimum atomic E-state index is -3.33. The van der Waals surface area contributed by atoms with Gasteiger partial charge in [-0.25, -0.2) is 8.42 Å². The Morgan fingerprint density at radius 3 is 2.62 bits per heavy atom. The molecule has 3 rings (SSSR count). The number of para-hydroxylation sites is 1. The maximum absolute atomic E-state index is 12.2. The molecule has 1 aliphatic heterocycles. The van der Waals surface area contributed by atoms with Crippen LogP contribution in [0.15, 0.2) is 48.5 Å². The molecule has 0 atom stereocenters. The van der Waals surface area contributed by atoms with Crippen LogP contribution in [0.25, 0.3) is 0 Å². The summed E-state index contributed by atoms with van der Waals surface area (Å²) in [5, 5.41) is 2.96. The molecular weight excluding hydrogens is 376 g/mol. The predicted molar refractivity (Wildman–Crippen MR) is 102 cm³/mol. The molecule has 0 radical (unpaired) electrons. The van der Waals surface area contributed by atoms with Gasteiger partial charge >= 0.3 is 0 Å². The standard InChI is InChI=1S/C18H19ClN2O4S/c19-16-12-14(20-18(22)13-25-15-6-2-1-3-7-15)8-9-17(16)21-10-4-5-11-26(21,23)24/h1-3,6-9,12H,4-5,10-11,13H2,(H,20,22). The lowest BCUT2D eigenvalue weighted by Crippen LogP contribution is -2.38. The summed E-state index contributed by atoms with van der Waals surface area (Å²) in [5.41, 5.74) is 0.916. The summed E-state index contributed by atoms with van der Waals surface area (Å²) in [4.78, 5) is 12.0. The predicted octanol–water partition coefficient (Wildman–Crippen LogP) is 3.29. The minimum Gasteiger partial charge on any atom is -0.484 e. The average molecular weight is 395 g/mol.